The molecule has 0 aromatic heterocycles. The summed E-state index contributed by atoms with van der Waals surface area (Å²) >= 11 is 0. The predicted molar refractivity (Wildman–Crippen MR) is 338 cm³/mol. The van der Waals surface area contributed by atoms with Gasteiger partial charge in [-0.25, -0.2) is 0 Å². The molecule has 0 aromatic rings. The molecule has 0 bridgehead atoms. The van der Waals surface area contributed by atoms with Crippen molar-refractivity contribution < 1.29 is 20.1 Å². The average Bonchev–Trinajstić information content (AvgIpc) is 3.42. The topological polar surface area (TPSA) is 89.8 Å². The number of hydrogen-bond acceptors (Lipinski definition) is 4. The van der Waals surface area contributed by atoms with Gasteiger partial charge in [-0.05, 0) is 77.0 Å². The fraction of sp³-hybridized carbons (Fsp3) is 0.901. The molecular weight excluding hydrogens is 931 g/mol. The molecule has 0 radical (unpaired) electrons. The molecule has 1 amide bonds. The summed E-state index contributed by atoms with van der Waals surface area (Å²) in [5.74, 6) is -0.152. The highest BCUT2D eigenvalue weighted by Crippen LogP contribution is 2.19. The predicted octanol–water partition coefficient (Wildman–Crippen LogP) is 22.5. The van der Waals surface area contributed by atoms with E-state index in [1.54, 1.807) is 0 Å². The average molecular weight is 1070 g/mol. The normalized spacial score (nSPS) is 13.3. The third-order valence-corrected chi connectivity index (χ3v) is 16.4. The van der Waals surface area contributed by atoms with Crippen molar-refractivity contribution in [2.45, 2.75) is 405 Å². The van der Waals surface area contributed by atoms with Crippen LogP contribution in [0, 0.1) is 0 Å². The van der Waals surface area contributed by atoms with Gasteiger partial charge in [0.05, 0.1) is 18.8 Å². The zero-order valence-corrected chi connectivity index (χ0v) is 51.7. The first-order valence-electron chi connectivity index (χ1n) is 34.8. The van der Waals surface area contributed by atoms with Gasteiger partial charge in [-0.1, -0.05) is 339 Å². The van der Waals surface area contributed by atoms with E-state index in [9.17, 15) is 20.1 Å². The van der Waals surface area contributed by atoms with Crippen LogP contribution in [0.15, 0.2) is 36.5 Å². The largest absolute Gasteiger partial charge is 0.394 e. The van der Waals surface area contributed by atoms with Crippen molar-refractivity contribution in [3.8, 4) is 0 Å². The van der Waals surface area contributed by atoms with E-state index in [0.29, 0.717) is 12.8 Å². The monoisotopic (exact) mass is 1070 g/mol. The molecule has 0 rings (SSSR count). The molecular formula is C71H137NO4. The third-order valence-electron chi connectivity index (χ3n) is 16.4. The first-order chi connectivity index (χ1) is 37.6. The second-order valence-electron chi connectivity index (χ2n) is 24.1. The van der Waals surface area contributed by atoms with E-state index < -0.39 is 18.2 Å². The Morgan fingerprint density at radius 2 is 0.539 bits per heavy atom. The lowest BCUT2D eigenvalue weighted by atomic mass is 10.0. The van der Waals surface area contributed by atoms with Crippen LogP contribution in [-0.2, 0) is 4.79 Å². The number of nitrogens with one attached hydrogen (secondary N) is 1. The zero-order valence-electron chi connectivity index (χ0n) is 51.7. The van der Waals surface area contributed by atoms with E-state index >= 15 is 0 Å². The fourth-order valence-corrected chi connectivity index (χ4v) is 11.1. The lowest BCUT2D eigenvalue weighted by molar-refractivity contribution is -0.124. The Labute approximate surface area is 476 Å². The zero-order chi connectivity index (χ0) is 55.0. The van der Waals surface area contributed by atoms with Crippen LogP contribution in [0.4, 0.5) is 0 Å². The number of carbonyl (C=O) groups excluding carboxylic acids is 1. The molecule has 3 atom stereocenters. The molecule has 0 saturated heterocycles. The number of aliphatic hydroxyl groups is 3. The number of unbranched alkanes of at least 4 members (excludes halogenated alkanes) is 51. The number of carbonyl (C=O) groups is 1. The number of hydrogen-bond donors (Lipinski definition) is 4. The lowest BCUT2D eigenvalue weighted by Crippen LogP contribution is -2.50. The number of aliphatic hydroxyl groups excluding tert-OH is 3. The van der Waals surface area contributed by atoms with Gasteiger partial charge in [-0.15, -0.1) is 0 Å². The molecule has 5 heteroatoms. The highest BCUT2D eigenvalue weighted by atomic mass is 16.3. The van der Waals surface area contributed by atoms with Gasteiger partial charge < -0.3 is 20.6 Å². The van der Waals surface area contributed by atoms with Crippen LogP contribution in [0.5, 0.6) is 0 Å². The third kappa shape index (κ3) is 60.2. The molecule has 0 fully saturated rings. The van der Waals surface area contributed by atoms with Gasteiger partial charge in [-0.2, -0.15) is 0 Å². The Balaban J connectivity index is 3.48. The SMILES string of the molecule is CCCCCCCCCCCCCCCC/C=C/CC/C=C/CCCC(O)C(O)C(CO)NC(=O)CCCCCCCCCCCCCCCCCCC/C=C\CCCCCCCCCCCCCCCCCCCC. The van der Waals surface area contributed by atoms with Crippen LogP contribution >= 0.6 is 0 Å². The van der Waals surface area contributed by atoms with Crippen LogP contribution in [0.1, 0.15) is 386 Å². The highest BCUT2D eigenvalue weighted by Gasteiger charge is 2.26. The van der Waals surface area contributed by atoms with Crippen molar-refractivity contribution in [3.63, 3.8) is 0 Å². The standard InChI is InChI=1S/C71H137NO4/c1-3-5-7-9-11-13-15-17-19-21-23-25-27-28-29-30-31-32-33-34-35-36-37-38-39-40-41-42-44-46-48-50-52-54-56-58-60-62-64-66-70(75)72-68(67-73)71(76)69(74)65-63-61-59-57-55-53-51-49-47-45-43-26-24-22-20-18-16-14-12-10-8-6-4-2/h34-35,49,51,57,59,68-69,71,73-74,76H,3-33,36-48,50,52-56,58,60-67H2,1-2H3,(H,72,75)/b35-34-,51-49+,59-57+. The van der Waals surface area contributed by atoms with Gasteiger partial charge in [-0.3, -0.25) is 4.79 Å². The van der Waals surface area contributed by atoms with Gasteiger partial charge in [0.25, 0.3) is 0 Å². The molecule has 0 saturated carbocycles. The van der Waals surface area contributed by atoms with Crippen molar-refractivity contribution in [2.75, 3.05) is 6.61 Å². The van der Waals surface area contributed by atoms with Crippen LogP contribution in [-0.4, -0.2) is 46.1 Å². The first-order valence-corrected chi connectivity index (χ1v) is 34.8. The molecule has 0 heterocycles. The first kappa shape index (κ1) is 74.6. The minimum Gasteiger partial charge on any atom is -0.394 e. The van der Waals surface area contributed by atoms with Gasteiger partial charge in [0.15, 0.2) is 0 Å². The molecule has 76 heavy (non-hydrogen) atoms. The van der Waals surface area contributed by atoms with Crippen molar-refractivity contribution >= 4 is 5.91 Å². The molecule has 0 aromatic carbocycles. The Morgan fingerprint density at radius 3 is 0.803 bits per heavy atom. The summed E-state index contributed by atoms with van der Waals surface area (Å²) < 4.78 is 0. The van der Waals surface area contributed by atoms with Crippen molar-refractivity contribution in [3.05, 3.63) is 36.5 Å². The maximum atomic E-state index is 12.6. The molecule has 4 N–H and O–H groups in total. The second kappa shape index (κ2) is 66.1. The second-order valence-corrected chi connectivity index (χ2v) is 24.1. The quantitative estimate of drug-likeness (QED) is 0.0361. The van der Waals surface area contributed by atoms with Crippen molar-refractivity contribution in [2.24, 2.45) is 0 Å². The minimum absolute atomic E-state index is 0.152. The fourth-order valence-electron chi connectivity index (χ4n) is 11.1. The molecule has 3 unspecified atom stereocenters. The summed E-state index contributed by atoms with van der Waals surface area (Å²) in [7, 11) is 0. The van der Waals surface area contributed by atoms with Gasteiger partial charge in [0, 0.05) is 6.42 Å². The van der Waals surface area contributed by atoms with E-state index in [2.05, 4.69) is 55.6 Å². The smallest absolute Gasteiger partial charge is 0.220 e. The van der Waals surface area contributed by atoms with E-state index in [1.165, 1.54) is 315 Å². The number of amides is 1. The Morgan fingerprint density at radius 1 is 0.316 bits per heavy atom. The molecule has 0 spiro atoms. The summed E-state index contributed by atoms with van der Waals surface area (Å²) in [4.78, 5) is 12.6. The maximum Gasteiger partial charge on any atom is 0.220 e. The summed E-state index contributed by atoms with van der Waals surface area (Å²) in [5.41, 5.74) is 0. The maximum absolute atomic E-state index is 12.6. The molecule has 0 aliphatic rings. The minimum atomic E-state index is -1.17. The van der Waals surface area contributed by atoms with Crippen LogP contribution < -0.4 is 5.32 Å². The van der Waals surface area contributed by atoms with Gasteiger partial charge in [0.2, 0.25) is 5.91 Å². The highest BCUT2D eigenvalue weighted by molar-refractivity contribution is 5.76. The molecule has 0 aliphatic heterocycles. The Bertz CT molecular complexity index is 1180. The van der Waals surface area contributed by atoms with Gasteiger partial charge >= 0.3 is 0 Å². The lowest BCUT2D eigenvalue weighted by Gasteiger charge is -2.26. The van der Waals surface area contributed by atoms with Crippen molar-refractivity contribution in [1.29, 1.82) is 0 Å². The van der Waals surface area contributed by atoms with E-state index in [-0.39, 0.29) is 12.5 Å². The van der Waals surface area contributed by atoms with Crippen LogP contribution in [0.25, 0.3) is 0 Å². The summed E-state index contributed by atoms with van der Waals surface area (Å²) in [5, 5.41) is 33.9. The van der Waals surface area contributed by atoms with E-state index in [1.807, 2.05) is 0 Å². The Hall–Kier alpha value is -1.43. The summed E-state index contributed by atoms with van der Waals surface area (Å²) in [6.45, 7) is 4.21. The summed E-state index contributed by atoms with van der Waals surface area (Å²) in [6.07, 6.45) is 88.0. The number of allylic oxidation sites excluding steroid dienone is 6. The van der Waals surface area contributed by atoms with E-state index in [0.717, 1.165) is 44.9 Å². The van der Waals surface area contributed by atoms with Crippen molar-refractivity contribution in [1.82, 2.24) is 5.32 Å². The number of rotatable bonds is 65. The summed E-state index contributed by atoms with van der Waals surface area (Å²) in [6, 6.07) is -0.833. The molecule has 5 nitrogen and oxygen atoms in total. The Kier molecular flexibility index (Phi) is 64.8. The molecule has 450 valence electrons. The van der Waals surface area contributed by atoms with Gasteiger partial charge in [0.1, 0.15) is 6.10 Å². The molecule has 0 aliphatic carbocycles. The van der Waals surface area contributed by atoms with Crippen LogP contribution in [0.2, 0.25) is 0 Å². The van der Waals surface area contributed by atoms with Crippen LogP contribution in [0.3, 0.4) is 0 Å². The van der Waals surface area contributed by atoms with E-state index in [4.69, 9.17) is 0 Å².